The first-order valence-electron chi connectivity index (χ1n) is 17.6. The van der Waals surface area contributed by atoms with Crippen molar-refractivity contribution < 1.29 is 14.3 Å². The number of hydrogen-bond donors (Lipinski definition) is 1. The molecule has 8 unspecified atom stereocenters. The zero-order valence-corrected chi connectivity index (χ0v) is 28.7. The predicted molar refractivity (Wildman–Crippen MR) is 176 cm³/mol. The van der Waals surface area contributed by atoms with Gasteiger partial charge in [-0.05, 0) is 112 Å². The average molecular weight is 584 g/mol. The Morgan fingerprint density at radius 3 is 2.40 bits per heavy atom. The molecule has 0 heterocycles. The summed E-state index contributed by atoms with van der Waals surface area (Å²) in [5.41, 5.74) is 2.77. The quantitative estimate of drug-likeness (QED) is 0.0958. The van der Waals surface area contributed by atoms with Crippen molar-refractivity contribution in [3.05, 3.63) is 23.8 Å². The average Bonchev–Trinajstić information content (AvgIpc) is 3.29. The maximum atomic E-state index is 12.7. The fraction of sp³-hybridized carbons (Fsp3) is 0.842. The van der Waals surface area contributed by atoms with E-state index < -0.39 is 0 Å². The highest BCUT2D eigenvalue weighted by atomic mass is 16.5. The Morgan fingerprint density at radius 2 is 1.74 bits per heavy atom. The van der Waals surface area contributed by atoms with Gasteiger partial charge in [-0.25, -0.2) is 0 Å². The summed E-state index contributed by atoms with van der Waals surface area (Å²) in [7, 11) is 0. The number of esters is 1. The first-order valence-corrected chi connectivity index (χ1v) is 17.6. The minimum atomic E-state index is -0.0929. The molecule has 0 saturated heterocycles. The molecule has 0 aromatic carbocycles. The summed E-state index contributed by atoms with van der Waals surface area (Å²) in [4.78, 5) is 24.3. The molecule has 0 aromatic rings. The van der Waals surface area contributed by atoms with Crippen molar-refractivity contribution >= 4 is 11.9 Å². The van der Waals surface area contributed by atoms with Gasteiger partial charge in [-0.1, -0.05) is 85.5 Å². The summed E-state index contributed by atoms with van der Waals surface area (Å²) >= 11 is 0. The Morgan fingerprint density at radius 1 is 1.00 bits per heavy atom. The van der Waals surface area contributed by atoms with E-state index in [1.807, 2.05) is 0 Å². The van der Waals surface area contributed by atoms with E-state index in [9.17, 15) is 9.59 Å². The molecule has 8 atom stereocenters. The monoisotopic (exact) mass is 583 g/mol. The normalized spacial score (nSPS) is 34.7. The highest BCUT2D eigenvalue weighted by Gasteiger charge is 2.57. The second-order valence-corrected chi connectivity index (χ2v) is 15.5. The fourth-order valence-electron chi connectivity index (χ4n) is 9.76. The summed E-state index contributed by atoms with van der Waals surface area (Å²) in [6, 6.07) is 0. The van der Waals surface area contributed by atoms with Crippen LogP contribution in [0.25, 0.3) is 0 Å². The van der Waals surface area contributed by atoms with Crippen molar-refractivity contribution in [2.75, 3.05) is 6.54 Å². The lowest BCUT2D eigenvalue weighted by atomic mass is 9.49. The third-order valence-corrected chi connectivity index (χ3v) is 12.2. The first-order chi connectivity index (χ1) is 19.8. The summed E-state index contributed by atoms with van der Waals surface area (Å²) in [6.07, 6.45) is 18.1. The number of unbranched alkanes of at least 4 members (excludes halogenated alkanes) is 2. The van der Waals surface area contributed by atoms with Crippen LogP contribution in [-0.2, 0) is 14.3 Å². The number of amides is 1. The molecule has 3 aliphatic rings. The number of hydrogen-bond acceptors (Lipinski definition) is 3. The second-order valence-electron chi connectivity index (χ2n) is 15.5. The Balaban J connectivity index is 1.50. The zero-order chi connectivity index (χ0) is 31.1. The number of allylic oxidation sites excluding steroid dienone is 1. The molecule has 0 bridgehead atoms. The SMILES string of the molecule is C=C(C)C(=O)NCCCCCC(=O)OC1CCC(C)(C2CCC3(C)C(C(C)CCCC(C)C)CCC3C2C)C(=CC)C1. The number of rotatable bonds is 14. The smallest absolute Gasteiger partial charge is 0.306 e. The van der Waals surface area contributed by atoms with Crippen molar-refractivity contribution in [3.8, 4) is 0 Å². The van der Waals surface area contributed by atoms with Crippen molar-refractivity contribution in [1.29, 1.82) is 0 Å². The lowest BCUT2D eigenvalue weighted by Gasteiger charge is -2.55. The number of fused-ring (bicyclic) bond motifs is 1. The van der Waals surface area contributed by atoms with E-state index in [0.717, 1.165) is 74.0 Å². The zero-order valence-electron chi connectivity index (χ0n) is 28.7. The van der Waals surface area contributed by atoms with E-state index in [0.29, 0.717) is 24.0 Å². The molecule has 240 valence electrons. The molecule has 3 rings (SSSR count). The van der Waals surface area contributed by atoms with Gasteiger partial charge in [0.1, 0.15) is 6.10 Å². The molecule has 1 N–H and O–H groups in total. The van der Waals surface area contributed by atoms with E-state index in [1.54, 1.807) is 6.92 Å². The molecule has 0 aliphatic heterocycles. The summed E-state index contributed by atoms with van der Waals surface area (Å²) in [6.45, 7) is 23.3. The number of carbonyl (C=O) groups is 2. The molecule has 0 aromatic heterocycles. The minimum Gasteiger partial charge on any atom is -0.462 e. The van der Waals surface area contributed by atoms with E-state index >= 15 is 0 Å². The predicted octanol–water partition coefficient (Wildman–Crippen LogP) is 9.83. The molecule has 0 spiro atoms. The van der Waals surface area contributed by atoms with Crippen molar-refractivity contribution in [3.63, 3.8) is 0 Å². The van der Waals surface area contributed by atoms with Gasteiger partial charge in [0, 0.05) is 25.0 Å². The van der Waals surface area contributed by atoms with Crippen LogP contribution in [0.1, 0.15) is 145 Å². The molecule has 3 saturated carbocycles. The highest BCUT2D eigenvalue weighted by Crippen LogP contribution is 2.65. The lowest BCUT2D eigenvalue weighted by Crippen LogP contribution is -2.48. The third-order valence-electron chi connectivity index (χ3n) is 12.2. The molecule has 4 nitrogen and oxygen atoms in total. The van der Waals surface area contributed by atoms with Crippen LogP contribution in [-0.4, -0.2) is 24.5 Å². The van der Waals surface area contributed by atoms with Crippen LogP contribution in [0.3, 0.4) is 0 Å². The molecular weight excluding hydrogens is 518 g/mol. The van der Waals surface area contributed by atoms with Gasteiger partial charge in [-0.15, -0.1) is 0 Å². The second kappa shape index (κ2) is 15.4. The Bertz CT molecular complexity index is 952. The van der Waals surface area contributed by atoms with Gasteiger partial charge in [0.25, 0.3) is 0 Å². The fourth-order valence-corrected chi connectivity index (χ4v) is 9.76. The highest BCUT2D eigenvalue weighted by molar-refractivity contribution is 5.92. The van der Waals surface area contributed by atoms with Crippen LogP contribution in [0.5, 0.6) is 0 Å². The van der Waals surface area contributed by atoms with Crippen molar-refractivity contribution in [2.45, 2.75) is 151 Å². The van der Waals surface area contributed by atoms with Gasteiger partial charge in [0.2, 0.25) is 5.91 Å². The van der Waals surface area contributed by atoms with E-state index in [-0.39, 0.29) is 23.4 Å². The van der Waals surface area contributed by atoms with Crippen molar-refractivity contribution in [1.82, 2.24) is 5.32 Å². The summed E-state index contributed by atoms with van der Waals surface area (Å²) in [5.74, 6) is 4.70. The minimum absolute atomic E-state index is 0.0124. The van der Waals surface area contributed by atoms with Crippen LogP contribution >= 0.6 is 0 Å². The molecule has 4 heteroatoms. The molecule has 1 amide bonds. The van der Waals surface area contributed by atoms with Gasteiger partial charge < -0.3 is 10.1 Å². The Labute approximate surface area is 259 Å². The standard InChI is InChI=1S/C38H65NO3/c1-10-30-25-31(42-35(40)17-12-11-13-24-39-36(41)27(4)5)20-22-37(30,8)34-21-23-38(9)32(18-19-33(38)29(34)7)28(6)16-14-15-26(2)3/h10,26,28-29,31-34H,4,11-25H2,1-3,5-9H3,(H,39,41). The largest absolute Gasteiger partial charge is 0.462 e. The molecule has 0 radical (unpaired) electrons. The van der Waals surface area contributed by atoms with Crippen LogP contribution in [0.4, 0.5) is 0 Å². The van der Waals surface area contributed by atoms with E-state index in [2.05, 4.69) is 66.4 Å². The Kier molecular flexibility index (Phi) is 12.8. The maximum Gasteiger partial charge on any atom is 0.306 e. The topological polar surface area (TPSA) is 55.4 Å². The summed E-state index contributed by atoms with van der Waals surface area (Å²) < 4.78 is 6.02. The van der Waals surface area contributed by atoms with Gasteiger partial charge in [-0.3, -0.25) is 9.59 Å². The van der Waals surface area contributed by atoms with E-state index in [4.69, 9.17) is 4.74 Å². The number of ether oxygens (including phenoxy) is 1. The van der Waals surface area contributed by atoms with Crippen LogP contribution in [0, 0.1) is 46.3 Å². The number of carbonyl (C=O) groups excluding carboxylic acids is 2. The molecular formula is C38H65NO3. The lowest BCUT2D eigenvalue weighted by molar-refractivity contribution is -0.151. The van der Waals surface area contributed by atoms with Crippen LogP contribution < -0.4 is 5.32 Å². The molecule has 3 aliphatic carbocycles. The van der Waals surface area contributed by atoms with Crippen LogP contribution in [0.2, 0.25) is 0 Å². The van der Waals surface area contributed by atoms with Gasteiger partial charge >= 0.3 is 5.97 Å². The Hall–Kier alpha value is -1.58. The molecule has 42 heavy (non-hydrogen) atoms. The maximum absolute atomic E-state index is 12.7. The van der Waals surface area contributed by atoms with Crippen molar-refractivity contribution in [2.24, 2.45) is 46.3 Å². The number of nitrogens with one attached hydrogen (secondary N) is 1. The van der Waals surface area contributed by atoms with Gasteiger partial charge in [0.05, 0.1) is 0 Å². The third kappa shape index (κ3) is 8.32. The summed E-state index contributed by atoms with van der Waals surface area (Å²) in [5, 5.41) is 2.86. The molecule has 3 fully saturated rings. The van der Waals surface area contributed by atoms with Crippen LogP contribution in [0.15, 0.2) is 23.8 Å². The van der Waals surface area contributed by atoms with Gasteiger partial charge in [-0.2, -0.15) is 0 Å². The van der Waals surface area contributed by atoms with Gasteiger partial charge in [0.15, 0.2) is 0 Å². The first kappa shape index (κ1) is 34.9. The van der Waals surface area contributed by atoms with E-state index in [1.165, 1.54) is 50.5 Å².